The van der Waals surface area contributed by atoms with Gasteiger partial charge >= 0.3 is 5.97 Å². The Labute approximate surface area is 226 Å². The number of carbonyl (C=O) groups excluding carboxylic acids is 1. The predicted octanol–water partition coefficient (Wildman–Crippen LogP) is 7.30. The molecule has 5 nitrogen and oxygen atoms in total. The maximum atomic E-state index is 13.6. The molecule has 0 aliphatic carbocycles. The van der Waals surface area contributed by atoms with E-state index >= 15 is 0 Å². The molecule has 0 unspecified atom stereocenters. The molecule has 0 heterocycles. The van der Waals surface area contributed by atoms with Gasteiger partial charge in [0, 0.05) is 42.7 Å². The van der Waals surface area contributed by atoms with Crippen LogP contribution in [0.2, 0.25) is 0 Å². The standard InChI is InChI=1S/C32H28F2N2O3/c1-35(2)28-17-15-25(16-18-28)24-9-6-23(7-10-24)21-36(29-5-3-4-22(20-29)8-19-30(37)38)32(39)27-13-11-26(12-14-27)31(33)34/h3-20,31H,21H2,1-2H3,(H,37,38)/b19-8+. The number of anilines is 2. The van der Waals surface area contributed by atoms with Crippen molar-refractivity contribution < 1.29 is 23.5 Å². The van der Waals surface area contributed by atoms with Crippen LogP contribution in [0.5, 0.6) is 0 Å². The van der Waals surface area contributed by atoms with Gasteiger partial charge < -0.3 is 14.9 Å². The Morgan fingerprint density at radius 2 is 1.44 bits per heavy atom. The summed E-state index contributed by atoms with van der Waals surface area (Å²) in [5.74, 6) is -1.44. The SMILES string of the molecule is CN(C)c1ccc(-c2ccc(CN(C(=O)c3ccc(C(F)F)cc3)c3cccc(/C=C/C(=O)O)c3)cc2)cc1. The van der Waals surface area contributed by atoms with E-state index in [2.05, 4.69) is 24.3 Å². The summed E-state index contributed by atoms with van der Waals surface area (Å²) in [6, 6.07) is 28.3. The van der Waals surface area contributed by atoms with Gasteiger partial charge in [-0.1, -0.05) is 60.7 Å². The third kappa shape index (κ3) is 6.96. The maximum Gasteiger partial charge on any atom is 0.328 e. The van der Waals surface area contributed by atoms with Crippen molar-refractivity contribution in [1.29, 1.82) is 0 Å². The van der Waals surface area contributed by atoms with Crippen LogP contribution >= 0.6 is 0 Å². The van der Waals surface area contributed by atoms with Crippen molar-refractivity contribution in [3.8, 4) is 11.1 Å². The first kappa shape index (κ1) is 27.3. The van der Waals surface area contributed by atoms with Gasteiger partial charge in [0.15, 0.2) is 0 Å². The molecule has 0 bridgehead atoms. The van der Waals surface area contributed by atoms with E-state index in [-0.39, 0.29) is 23.6 Å². The second-order valence-corrected chi connectivity index (χ2v) is 9.22. The van der Waals surface area contributed by atoms with Crippen molar-refractivity contribution in [2.75, 3.05) is 23.9 Å². The van der Waals surface area contributed by atoms with E-state index in [0.29, 0.717) is 11.3 Å². The Morgan fingerprint density at radius 1 is 0.821 bits per heavy atom. The van der Waals surface area contributed by atoms with Crippen molar-refractivity contribution in [3.05, 3.63) is 125 Å². The van der Waals surface area contributed by atoms with Gasteiger partial charge in [-0.3, -0.25) is 4.79 Å². The molecule has 0 aliphatic heterocycles. The molecule has 39 heavy (non-hydrogen) atoms. The molecular formula is C32H28F2N2O3. The summed E-state index contributed by atoms with van der Waals surface area (Å²) in [5.41, 5.74) is 5.34. The Balaban J connectivity index is 1.64. The van der Waals surface area contributed by atoms with Crippen LogP contribution in [0.25, 0.3) is 17.2 Å². The molecule has 0 atom stereocenters. The van der Waals surface area contributed by atoms with Crippen LogP contribution in [0.4, 0.5) is 20.2 Å². The van der Waals surface area contributed by atoms with Gasteiger partial charge in [-0.05, 0) is 64.7 Å². The second kappa shape index (κ2) is 12.2. The van der Waals surface area contributed by atoms with Crippen LogP contribution < -0.4 is 9.80 Å². The quantitative estimate of drug-likeness (QED) is 0.233. The van der Waals surface area contributed by atoms with Gasteiger partial charge in [-0.25, -0.2) is 13.6 Å². The second-order valence-electron chi connectivity index (χ2n) is 9.22. The summed E-state index contributed by atoms with van der Waals surface area (Å²) in [5, 5.41) is 8.98. The van der Waals surface area contributed by atoms with Crippen LogP contribution in [0, 0.1) is 0 Å². The number of halogens is 2. The number of benzene rings is 4. The highest BCUT2D eigenvalue weighted by atomic mass is 19.3. The van der Waals surface area contributed by atoms with Gasteiger partial charge in [-0.15, -0.1) is 0 Å². The minimum atomic E-state index is -2.62. The van der Waals surface area contributed by atoms with Gasteiger partial charge in [-0.2, -0.15) is 0 Å². The highest BCUT2D eigenvalue weighted by Gasteiger charge is 2.19. The van der Waals surface area contributed by atoms with E-state index < -0.39 is 12.4 Å². The zero-order valence-electron chi connectivity index (χ0n) is 21.6. The monoisotopic (exact) mass is 526 g/mol. The van der Waals surface area contributed by atoms with Crippen molar-refractivity contribution in [3.63, 3.8) is 0 Å². The number of carboxylic acids is 1. The Bertz CT molecular complexity index is 1460. The van der Waals surface area contributed by atoms with Gasteiger partial charge in [0.05, 0.1) is 6.54 Å². The first-order chi connectivity index (χ1) is 18.7. The molecule has 4 aromatic rings. The van der Waals surface area contributed by atoms with Crippen LogP contribution in [-0.4, -0.2) is 31.1 Å². The largest absolute Gasteiger partial charge is 0.478 e. The van der Waals surface area contributed by atoms with Crippen LogP contribution in [0.1, 0.15) is 33.5 Å². The number of alkyl halides is 2. The zero-order chi connectivity index (χ0) is 27.9. The lowest BCUT2D eigenvalue weighted by molar-refractivity contribution is -0.131. The average molecular weight is 527 g/mol. The molecule has 0 saturated carbocycles. The predicted molar refractivity (Wildman–Crippen MR) is 151 cm³/mol. The Kier molecular flexibility index (Phi) is 8.51. The number of carboxylic acid groups (broad SMARTS) is 1. The minimum Gasteiger partial charge on any atom is -0.478 e. The highest BCUT2D eigenvalue weighted by molar-refractivity contribution is 6.06. The normalized spacial score (nSPS) is 11.1. The van der Waals surface area contributed by atoms with E-state index in [0.717, 1.165) is 28.5 Å². The molecule has 4 rings (SSSR count). The number of nitrogens with zero attached hydrogens (tertiary/aromatic N) is 2. The molecule has 1 amide bonds. The molecule has 4 aromatic carbocycles. The molecule has 0 fully saturated rings. The molecule has 0 spiro atoms. The third-order valence-corrected chi connectivity index (χ3v) is 6.27. The van der Waals surface area contributed by atoms with Crippen LogP contribution in [0.15, 0.2) is 103 Å². The van der Waals surface area contributed by atoms with Gasteiger partial charge in [0.25, 0.3) is 12.3 Å². The number of hydrogen-bond acceptors (Lipinski definition) is 3. The first-order valence-corrected chi connectivity index (χ1v) is 12.3. The van der Waals surface area contributed by atoms with E-state index in [4.69, 9.17) is 5.11 Å². The lowest BCUT2D eigenvalue weighted by Gasteiger charge is -2.24. The smallest absolute Gasteiger partial charge is 0.328 e. The zero-order valence-corrected chi connectivity index (χ0v) is 21.6. The van der Waals surface area contributed by atoms with Crippen molar-refractivity contribution >= 4 is 29.3 Å². The number of carbonyl (C=O) groups is 2. The Morgan fingerprint density at radius 3 is 2.00 bits per heavy atom. The summed E-state index contributed by atoms with van der Waals surface area (Å²) in [7, 11) is 3.98. The molecular weight excluding hydrogens is 498 g/mol. The summed E-state index contributed by atoms with van der Waals surface area (Å²) in [6.07, 6.45) is -0.152. The molecule has 0 aromatic heterocycles. The molecule has 7 heteroatoms. The number of rotatable bonds is 9. The lowest BCUT2D eigenvalue weighted by atomic mass is 10.0. The summed E-state index contributed by atoms with van der Waals surface area (Å²) < 4.78 is 26.1. The molecule has 0 radical (unpaired) electrons. The molecule has 0 saturated heterocycles. The van der Waals surface area contributed by atoms with E-state index in [1.54, 1.807) is 29.2 Å². The van der Waals surface area contributed by atoms with Gasteiger partial charge in [0.1, 0.15) is 0 Å². The number of amides is 1. The first-order valence-electron chi connectivity index (χ1n) is 12.3. The molecule has 198 valence electrons. The van der Waals surface area contributed by atoms with Gasteiger partial charge in [0.2, 0.25) is 0 Å². The number of aliphatic carboxylic acids is 1. The van der Waals surface area contributed by atoms with Crippen molar-refractivity contribution in [2.24, 2.45) is 0 Å². The summed E-state index contributed by atoms with van der Waals surface area (Å²) >= 11 is 0. The summed E-state index contributed by atoms with van der Waals surface area (Å²) in [6.45, 7) is 0.224. The lowest BCUT2D eigenvalue weighted by Crippen LogP contribution is -2.30. The van der Waals surface area contributed by atoms with Crippen molar-refractivity contribution in [1.82, 2.24) is 0 Å². The maximum absolute atomic E-state index is 13.6. The Hall–Kier alpha value is -4.78. The fourth-order valence-corrected chi connectivity index (χ4v) is 4.11. The summed E-state index contributed by atoms with van der Waals surface area (Å²) in [4.78, 5) is 28.2. The van der Waals surface area contributed by atoms with E-state index in [9.17, 15) is 18.4 Å². The van der Waals surface area contributed by atoms with Crippen LogP contribution in [-0.2, 0) is 11.3 Å². The highest BCUT2D eigenvalue weighted by Crippen LogP contribution is 2.27. The van der Waals surface area contributed by atoms with E-state index in [1.165, 1.54) is 30.3 Å². The van der Waals surface area contributed by atoms with Crippen molar-refractivity contribution in [2.45, 2.75) is 13.0 Å². The van der Waals surface area contributed by atoms with E-state index in [1.807, 2.05) is 43.3 Å². The fourth-order valence-electron chi connectivity index (χ4n) is 4.11. The third-order valence-electron chi connectivity index (χ3n) is 6.27. The molecule has 0 aliphatic rings. The minimum absolute atomic E-state index is 0.159. The molecule has 1 N–H and O–H groups in total. The number of hydrogen-bond donors (Lipinski definition) is 1. The van der Waals surface area contributed by atoms with Crippen LogP contribution in [0.3, 0.4) is 0 Å². The topological polar surface area (TPSA) is 60.9 Å². The average Bonchev–Trinajstić information content (AvgIpc) is 2.95. The fraction of sp³-hybridized carbons (Fsp3) is 0.125.